The second-order valence-corrected chi connectivity index (χ2v) is 6.48. The lowest BCUT2D eigenvalue weighted by Crippen LogP contribution is -2.42. The lowest BCUT2D eigenvalue weighted by molar-refractivity contribution is -0.144. The smallest absolute Gasteiger partial charge is 0.328 e. The summed E-state index contributed by atoms with van der Waals surface area (Å²) in [6.07, 6.45) is 5.36. The summed E-state index contributed by atoms with van der Waals surface area (Å²) >= 11 is 1.54. The summed E-state index contributed by atoms with van der Waals surface area (Å²) in [4.78, 5) is 28.4. The first-order valence-corrected chi connectivity index (χ1v) is 8.70. The van der Waals surface area contributed by atoms with Gasteiger partial charge in [0.05, 0.1) is 7.11 Å². The van der Waals surface area contributed by atoms with Crippen LogP contribution in [0.3, 0.4) is 0 Å². The Kier molecular flexibility index (Phi) is 5.30. The standard InChI is InChI=1S/C19H18N2O3S/c1-24-19(23)17(21-18(22)9-8-14-5-4-10-25-14)11-13-12-20-16-7-3-2-6-15(13)16/h2-10,12,17,20H,11H2,1H3,(H,21,22)/b9-8+. The van der Waals surface area contributed by atoms with Crippen molar-refractivity contribution in [1.29, 1.82) is 0 Å². The molecule has 2 aromatic heterocycles. The fraction of sp³-hybridized carbons (Fsp3) is 0.158. The number of ether oxygens (including phenoxy) is 1. The Morgan fingerprint density at radius 2 is 2.12 bits per heavy atom. The molecule has 2 N–H and O–H groups in total. The van der Waals surface area contributed by atoms with Crippen molar-refractivity contribution in [3.63, 3.8) is 0 Å². The van der Waals surface area contributed by atoms with Crippen molar-refractivity contribution in [3.05, 3.63) is 64.5 Å². The highest BCUT2D eigenvalue weighted by atomic mass is 32.1. The van der Waals surface area contributed by atoms with Crippen LogP contribution in [0.5, 0.6) is 0 Å². The molecule has 1 atom stereocenters. The molecule has 0 aliphatic carbocycles. The molecular formula is C19H18N2O3S. The molecule has 1 aromatic carbocycles. The van der Waals surface area contributed by atoms with Crippen molar-refractivity contribution in [2.45, 2.75) is 12.5 Å². The summed E-state index contributed by atoms with van der Waals surface area (Å²) in [5.41, 5.74) is 1.94. The predicted octanol–water partition coefficient (Wildman–Crippen LogP) is 3.14. The van der Waals surface area contributed by atoms with Crippen molar-refractivity contribution in [2.24, 2.45) is 0 Å². The van der Waals surface area contributed by atoms with Crippen LogP contribution >= 0.6 is 11.3 Å². The van der Waals surface area contributed by atoms with Gasteiger partial charge in [-0.15, -0.1) is 11.3 Å². The fourth-order valence-electron chi connectivity index (χ4n) is 2.62. The van der Waals surface area contributed by atoms with Crippen LogP contribution < -0.4 is 5.32 Å². The van der Waals surface area contributed by atoms with Crippen LogP contribution in [-0.2, 0) is 20.7 Å². The zero-order chi connectivity index (χ0) is 17.6. The maximum absolute atomic E-state index is 12.2. The van der Waals surface area contributed by atoms with E-state index in [-0.39, 0.29) is 5.91 Å². The summed E-state index contributed by atoms with van der Waals surface area (Å²) in [7, 11) is 1.32. The molecule has 0 saturated carbocycles. The van der Waals surface area contributed by atoms with Gasteiger partial charge in [0, 0.05) is 34.5 Å². The Morgan fingerprint density at radius 3 is 2.88 bits per heavy atom. The van der Waals surface area contributed by atoms with Crippen LogP contribution in [0.15, 0.2) is 54.1 Å². The van der Waals surface area contributed by atoms with Gasteiger partial charge in [0.2, 0.25) is 5.91 Å². The zero-order valence-electron chi connectivity index (χ0n) is 13.7. The topological polar surface area (TPSA) is 71.2 Å². The summed E-state index contributed by atoms with van der Waals surface area (Å²) in [5.74, 6) is -0.799. The Labute approximate surface area is 149 Å². The molecule has 0 bridgehead atoms. The number of amides is 1. The molecule has 0 aliphatic heterocycles. The van der Waals surface area contributed by atoms with E-state index < -0.39 is 12.0 Å². The predicted molar refractivity (Wildman–Crippen MR) is 99.3 cm³/mol. The summed E-state index contributed by atoms with van der Waals surface area (Å²) in [6, 6.07) is 10.9. The lowest BCUT2D eigenvalue weighted by Gasteiger charge is -2.15. The molecule has 5 nitrogen and oxygen atoms in total. The number of hydrogen-bond acceptors (Lipinski definition) is 4. The van der Waals surface area contributed by atoms with Crippen LogP contribution in [0.25, 0.3) is 17.0 Å². The van der Waals surface area contributed by atoms with Gasteiger partial charge < -0.3 is 15.0 Å². The molecule has 0 spiro atoms. The number of methoxy groups -OCH3 is 1. The minimum absolute atomic E-state index is 0.330. The van der Waals surface area contributed by atoms with Gasteiger partial charge >= 0.3 is 5.97 Å². The van der Waals surface area contributed by atoms with Gasteiger partial charge in [0.15, 0.2) is 0 Å². The Hall–Kier alpha value is -2.86. The number of carbonyl (C=O) groups excluding carboxylic acids is 2. The number of carbonyl (C=O) groups is 2. The molecule has 0 radical (unpaired) electrons. The summed E-state index contributed by atoms with van der Waals surface area (Å²) in [5, 5.41) is 5.69. The van der Waals surface area contributed by atoms with Crippen molar-refractivity contribution in [1.82, 2.24) is 10.3 Å². The number of esters is 1. The second kappa shape index (κ2) is 7.81. The molecule has 1 amide bonds. The molecule has 3 rings (SSSR count). The molecular weight excluding hydrogens is 336 g/mol. The van der Waals surface area contributed by atoms with Crippen molar-refractivity contribution in [2.75, 3.05) is 7.11 Å². The van der Waals surface area contributed by atoms with Gasteiger partial charge in [-0.05, 0) is 29.2 Å². The van der Waals surface area contributed by atoms with Gasteiger partial charge in [-0.1, -0.05) is 24.3 Å². The number of H-pyrrole nitrogens is 1. The zero-order valence-corrected chi connectivity index (χ0v) is 14.5. The van der Waals surface area contributed by atoms with Crippen LogP contribution in [0.2, 0.25) is 0 Å². The number of para-hydroxylation sites is 1. The van der Waals surface area contributed by atoms with Crippen LogP contribution in [0, 0.1) is 0 Å². The molecule has 25 heavy (non-hydrogen) atoms. The van der Waals surface area contributed by atoms with E-state index in [2.05, 4.69) is 10.3 Å². The Balaban J connectivity index is 1.73. The van der Waals surface area contributed by atoms with Crippen LogP contribution in [0.4, 0.5) is 0 Å². The number of aromatic amines is 1. The number of nitrogens with one attached hydrogen (secondary N) is 2. The van der Waals surface area contributed by atoms with E-state index in [0.29, 0.717) is 6.42 Å². The molecule has 128 valence electrons. The lowest BCUT2D eigenvalue weighted by atomic mass is 10.0. The summed E-state index contributed by atoms with van der Waals surface area (Å²) in [6.45, 7) is 0. The van der Waals surface area contributed by atoms with Gasteiger partial charge in [-0.2, -0.15) is 0 Å². The third-order valence-corrected chi connectivity index (χ3v) is 4.68. The highest BCUT2D eigenvalue weighted by Gasteiger charge is 2.22. The molecule has 0 fully saturated rings. The van der Waals surface area contributed by atoms with E-state index in [1.807, 2.05) is 48.0 Å². The van der Waals surface area contributed by atoms with E-state index >= 15 is 0 Å². The van der Waals surface area contributed by atoms with Crippen molar-refractivity contribution < 1.29 is 14.3 Å². The van der Waals surface area contributed by atoms with Gasteiger partial charge in [0.25, 0.3) is 0 Å². The first-order chi connectivity index (χ1) is 12.2. The minimum atomic E-state index is -0.746. The molecule has 2 heterocycles. The van der Waals surface area contributed by atoms with Crippen LogP contribution in [-0.4, -0.2) is 30.0 Å². The van der Waals surface area contributed by atoms with Crippen molar-refractivity contribution in [3.8, 4) is 0 Å². The van der Waals surface area contributed by atoms with Gasteiger partial charge in [0.1, 0.15) is 6.04 Å². The molecule has 1 unspecified atom stereocenters. The van der Waals surface area contributed by atoms with Crippen molar-refractivity contribution >= 4 is 40.2 Å². The van der Waals surface area contributed by atoms with Gasteiger partial charge in [-0.25, -0.2) is 4.79 Å². The fourth-order valence-corrected chi connectivity index (χ4v) is 3.24. The molecule has 0 saturated heterocycles. The number of thiophene rings is 1. The van der Waals surface area contributed by atoms with Crippen LogP contribution in [0.1, 0.15) is 10.4 Å². The number of aromatic nitrogens is 1. The Bertz CT molecular complexity index is 896. The first-order valence-electron chi connectivity index (χ1n) is 7.82. The number of fused-ring (bicyclic) bond motifs is 1. The maximum Gasteiger partial charge on any atom is 0.328 e. The Morgan fingerprint density at radius 1 is 1.28 bits per heavy atom. The average Bonchev–Trinajstić information content (AvgIpc) is 3.29. The highest BCUT2D eigenvalue weighted by molar-refractivity contribution is 7.10. The number of benzene rings is 1. The minimum Gasteiger partial charge on any atom is -0.467 e. The SMILES string of the molecule is COC(=O)C(Cc1c[nH]c2ccccc12)NC(=O)/C=C/c1cccs1. The third kappa shape index (κ3) is 4.16. The molecule has 6 heteroatoms. The normalized spacial score (nSPS) is 12.4. The van der Waals surface area contributed by atoms with E-state index in [1.165, 1.54) is 24.5 Å². The van der Waals surface area contributed by atoms with E-state index in [9.17, 15) is 9.59 Å². The van der Waals surface area contributed by atoms with E-state index in [0.717, 1.165) is 21.3 Å². The second-order valence-electron chi connectivity index (χ2n) is 5.50. The first kappa shape index (κ1) is 17.0. The van der Waals surface area contributed by atoms with E-state index in [1.54, 1.807) is 6.08 Å². The highest BCUT2D eigenvalue weighted by Crippen LogP contribution is 2.19. The van der Waals surface area contributed by atoms with E-state index in [4.69, 9.17) is 4.74 Å². The monoisotopic (exact) mass is 354 g/mol. The quantitative estimate of drug-likeness (QED) is 0.528. The number of hydrogen-bond donors (Lipinski definition) is 2. The number of rotatable bonds is 6. The average molecular weight is 354 g/mol. The molecule has 0 aliphatic rings. The molecule has 3 aromatic rings. The largest absolute Gasteiger partial charge is 0.467 e. The third-order valence-electron chi connectivity index (χ3n) is 3.84. The maximum atomic E-state index is 12.2. The van der Waals surface area contributed by atoms with Gasteiger partial charge in [-0.3, -0.25) is 4.79 Å². The summed E-state index contributed by atoms with van der Waals surface area (Å²) < 4.78 is 4.84.